The van der Waals surface area contributed by atoms with Crippen molar-refractivity contribution in [2.24, 2.45) is 0 Å². The summed E-state index contributed by atoms with van der Waals surface area (Å²) in [6.07, 6.45) is 5.83. The molecule has 0 saturated carbocycles. The Hall–Kier alpha value is -0.380. The Labute approximate surface area is 115 Å². The third kappa shape index (κ3) is 9.20. The Morgan fingerprint density at radius 3 is 2.21 bits per heavy atom. The maximum absolute atomic E-state index is 12.1. The summed E-state index contributed by atoms with van der Waals surface area (Å²) in [6, 6.07) is 0. The van der Waals surface area contributed by atoms with E-state index in [1.807, 2.05) is 0 Å². The molecule has 0 aromatic carbocycles. The largest absolute Gasteiger partial charge is 0.330 e. The molecule has 0 N–H and O–H groups in total. The molecule has 0 amide bonds. The van der Waals surface area contributed by atoms with Crippen molar-refractivity contribution in [2.75, 3.05) is 31.7 Å². The van der Waals surface area contributed by atoms with Crippen LogP contribution in [0.1, 0.15) is 26.7 Å². The van der Waals surface area contributed by atoms with Gasteiger partial charge in [0, 0.05) is 0 Å². The summed E-state index contributed by atoms with van der Waals surface area (Å²) in [4.78, 5) is 0. The molecule has 0 atom stereocenters. The van der Waals surface area contributed by atoms with E-state index in [-0.39, 0.29) is 18.5 Å². The summed E-state index contributed by atoms with van der Waals surface area (Å²) < 4.78 is 49.4. The van der Waals surface area contributed by atoms with Crippen molar-refractivity contribution in [1.29, 1.82) is 0 Å². The van der Waals surface area contributed by atoms with Gasteiger partial charge in [0.15, 0.2) is 0 Å². The quantitative estimate of drug-likeness (QED) is 0.251. The van der Waals surface area contributed by atoms with Gasteiger partial charge in [-0.1, -0.05) is 5.92 Å². The number of hydrogen-bond acceptors (Lipinski definition) is 6. The molecule has 0 heterocycles. The molecule has 0 aliphatic heterocycles. The van der Waals surface area contributed by atoms with E-state index < -0.39 is 17.7 Å². The molecule has 19 heavy (non-hydrogen) atoms. The van der Waals surface area contributed by atoms with Crippen LogP contribution in [-0.4, -0.2) is 40.2 Å². The van der Waals surface area contributed by atoms with Gasteiger partial charge in [-0.25, -0.2) is 0 Å². The zero-order chi connectivity index (χ0) is 14.8. The van der Waals surface area contributed by atoms with Gasteiger partial charge in [-0.05, 0) is 26.7 Å². The van der Waals surface area contributed by atoms with Crippen LogP contribution in [0, 0.1) is 12.3 Å². The normalized spacial score (nSPS) is 12.3. The first kappa shape index (κ1) is 18.6. The first-order chi connectivity index (χ1) is 8.89. The van der Waals surface area contributed by atoms with Crippen LogP contribution >= 0.6 is 7.60 Å². The van der Waals surface area contributed by atoms with E-state index in [4.69, 9.17) is 15.5 Å². The second-order valence-electron chi connectivity index (χ2n) is 3.61. The van der Waals surface area contributed by atoms with Crippen LogP contribution in [0.5, 0.6) is 0 Å². The third-order valence-electron chi connectivity index (χ3n) is 2.05. The predicted molar refractivity (Wildman–Crippen MR) is 73.5 cm³/mol. The molecule has 0 saturated heterocycles. The maximum Gasteiger partial charge on any atom is 0.330 e. The van der Waals surface area contributed by atoms with Crippen molar-refractivity contribution in [3.63, 3.8) is 0 Å². The van der Waals surface area contributed by atoms with Gasteiger partial charge in [0.25, 0.3) is 10.1 Å². The van der Waals surface area contributed by atoms with E-state index in [1.54, 1.807) is 13.8 Å². The summed E-state index contributed by atoms with van der Waals surface area (Å²) in [5, 5.41) is 0. The summed E-state index contributed by atoms with van der Waals surface area (Å²) >= 11 is 0. The molecular formula is C11H21O6PS. The molecule has 0 aliphatic carbocycles. The molecule has 8 heteroatoms. The SMILES string of the molecule is C#CCOS(=O)(=O)CCCCP(=O)(OCC)OCC. The van der Waals surface area contributed by atoms with Gasteiger partial charge in [0.05, 0.1) is 25.1 Å². The van der Waals surface area contributed by atoms with E-state index in [2.05, 4.69) is 10.1 Å². The standard InChI is InChI=1S/C11H21O6PS/c1-4-9-17-19(13,14)11-8-7-10-18(12,15-5-2)16-6-3/h1H,5-11H2,2-3H3. The number of hydrogen-bond donors (Lipinski definition) is 0. The first-order valence-electron chi connectivity index (χ1n) is 6.08. The van der Waals surface area contributed by atoms with E-state index >= 15 is 0 Å². The lowest BCUT2D eigenvalue weighted by molar-refractivity contribution is 0.219. The number of unbranched alkanes of at least 4 members (excludes halogenated alkanes) is 1. The zero-order valence-corrected chi connectivity index (χ0v) is 13.0. The molecule has 0 radical (unpaired) electrons. The van der Waals surface area contributed by atoms with Crippen LogP contribution in [0.15, 0.2) is 0 Å². The minimum atomic E-state index is -3.60. The van der Waals surface area contributed by atoms with Crippen LogP contribution in [0.25, 0.3) is 0 Å². The lowest BCUT2D eigenvalue weighted by Crippen LogP contribution is -2.11. The van der Waals surface area contributed by atoms with Gasteiger partial charge in [-0.2, -0.15) is 8.42 Å². The average molecular weight is 312 g/mol. The fraction of sp³-hybridized carbons (Fsp3) is 0.818. The average Bonchev–Trinajstić information content (AvgIpc) is 2.33. The van der Waals surface area contributed by atoms with Crippen molar-refractivity contribution in [3.05, 3.63) is 0 Å². The lowest BCUT2D eigenvalue weighted by atomic mass is 10.4. The van der Waals surface area contributed by atoms with Gasteiger partial charge in [0.2, 0.25) is 0 Å². The molecule has 0 unspecified atom stereocenters. The Morgan fingerprint density at radius 2 is 1.74 bits per heavy atom. The molecule has 112 valence electrons. The van der Waals surface area contributed by atoms with E-state index in [1.165, 1.54) is 0 Å². The molecule has 0 aromatic rings. The molecule has 0 fully saturated rings. The van der Waals surface area contributed by atoms with Crippen LogP contribution in [0.4, 0.5) is 0 Å². The van der Waals surface area contributed by atoms with Crippen LogP contribution in [-0.2, 0) is 27.9 Å². The van der Waals surface area contributed by atoms with Gasteiger partial charge in [-0.15, -0.1) is 6.42 Å². The topological polar surface area (TPSA) is 78.9 Å². The van der Waals surface area contributed by atoms with Crippen LogP contribution in [0.3, 0.4) is 0 Å². The summed E-state index contributed by atoms with van der Waals surface area (Å²) in [5.74, 6) is 1.93. The minimum absolute atomic E-state index is 0.160. The summed E-state index contributed by atoms with van der Waals surface area (Å²) in [7, 11) is -6.69. The molecule has 0 bridgehead atoms. The third-order valence-corrected chi connectivity index (χ3v) is 5.48. The zero-order valence-electron chi connectivity index (χ0n) is 11.3. The van der Waals surface area contributed by atoms with Gasteiger partial charge < -0.3 is 9.05 Å². The Balaban J connectivity index is 4.08. The monoisotopic (exact) mass is 312 g/mol. The van der Waals surface area contributed by atoms with E-state index in [0.717, 1.165) is 0 Å². The van der Waals surface area contributed by atoms with Gasteiger partial charge >= 0.3 is 7.60 Å². The molecular weight excluding hydrogens is 291 g/mol. The highest BCUT2D eigenvalue weighted by Gasteiger charge is 2.23. The molecule has 0 rings (SSSR count). The number of rotatable bonds is 11. The summed E-state index contributed by atoms with van der Waals surface area (Å²) in [6.45, 7) is 3.77. The van der Waals surface area contributed by atoms with E-state index in [0.29, 0.717) is 26.1 Å². The van der Waals surface area contributed by atoms with Crippen molar-refractivity contribution >= 4 is 17.7 Å². The predicted octanol–water partition coefficient (Wildman–Crippen LogP) is 2.01. The molecule has 0 aliphatic rings. The lowest BCUT2D eigenvalue weighted by Gasteiger charge is -2.16. The fourth-order valence-corrected chi connectivity index (χ4v) is 3.98. The second kappa shape index (κ2) is 9.51. The van der Waals surface area contributed by atoms with Crippen molar-refractivity contribution < 1.29 is 26.2 Å². The van der Waals surface area contributed by atoms with Gasteiger partial charge in [0.1, 0.15) is 6.61 Å². The summed E-state index contributed by atoms with van der Waals surface area (Å²) in [5.41, 5.74) is 0. The Morgan fingerprint density at radius 1 is 1.16 bits per heavy atom. The fourth-order valence-electron chi connectivity index (χ4n) is 1.33. The maximum atomic E-state index is 12.1. The Kier molecular flexibility index (Phi) is 9.32. The van der Waals surface area contributed by atoms with Crippen molar-refractivity contribution in [3.8, 4) is 12.3 Å². The first-order valence-corrected chi connectivity index (χ1v) is 9.38. The van der Waals surface area contributed by atoms with Crippen LogP contribution in [0.2, 0.25) is 0 Å². The highest BCUT2D eigenvalue weighted by Crippen LogP contribution is 2.48. The van der Waals surface area contributed by atoms with Crippen molar-refractivity contribution in [2.45, 2.75) is 26.7 Å². The molecule has 0 aromatic heterocycles. The smallest absolute Gasteiger partial charge is 0.309 e. The molecule has 0 spiro atoms. The minimum Gasteiger partial charge on any atom is -0.309 e. The van der Waals surface area contributed by atoms with E-state index in [9.17, 15) is 13.0 Å². The molecule has 6 nitrogen and oxygen atoms in total. The second-order valence-corrected chi connectivity index (χ2v) is 7.55. The van der Waals surface area contributed by atoms with Crippen LogP contribution < -0.4 is 0 Å². The highest BCUT2D eigenvalue weighted by atomic mass is 32.2. The highest BCUT2D eigenvalue weighted by molar-refractivity contribution is 7.86. The van der Waals surface area contributed by atoms with Gasteiger partial charge in [-0.3, -0.25) is 8.75 Å². The van der Waals surface area contributed by atoms with Crippen molar-refractivity contribution in [1.82, 2.24) is 0 Å². The number of terminal acetylenes is 1. The Bertz CT molecular complexity index is 415.